The Morgan fingerprint density at radius 1 is 1.23 bits per heavy atom. The van der Waals surface area contributed by atoms with Crippen molar-refractivity contribution in [2.45, 2.75) is 44.2 Å². The van der Waals surface area contributed by atoms with Gasteiger partial charge in [0.05, 0.1) is 12.2 Å². The highest BCUT2D eigenvalue weighted by Gasteiger charge is 2.22. The van der Waals surface area contributed by atoms with Crippen molar-refractivity contribution < 1.29 is 0 Å². The highest BCUT2D eigenvalue weighted by molar-refractivity contribution is 4.82. The van der Waals surface area contributed by atoms with Crippen LogP contribution in [0.5, 0.6) is 0 Å². The Morgan fingerprint density at radius 3 is 2.85 bits per heavy atom. The summed E-state index contributed by atoms with van der Waals surface area (Å²) in [7, 11) is 0. The lowest BCUT2D eigenvalue weighted by Crippen LogP contribution is -2.31. The Hall–Kier alpha value is -0.900. The van der Waals surface area contributed by atoms with Crippen LogP contribution in [-0.2, 0) is 0 Å². The van der Waals surface area contributed by atoms with Gasteiger partial charge < -0.3 is 5.73 Å². The number of rotatable bonds is 1. The van der Waals surface area contributed by atoms with Crippen molar-refractivity contribution in [1.82, 2.24) is 15.0 Å². The Balaban J connectivity index is 2.11. The van der Waals surface area contributed by atoms with Crippen LogP contribution < -0.4 is 5.73 Å². The molecule has 2 rings (SSSR count). The lowest BCUT2D eigenvalue weighted by atomic mass is 10.0. The van der Waals surface area contributed by atoms with Crippen molar-refractivity contribution in [1.29, 1.82) is 0 Å². The number of hydrogen-bond donors (Lipinski definition) is 1. The van der Waals surface area contributed by atoms with E-state index < -0.39 is 0 Å². The average Bonchev–Trinajstić information content (AvgIpc) is 2.56. The predicted octanol–water partition coefficient (Wildman–Crippen LogP) is 1.11. The minimum Gasteiger partial charge on any atom is -0.326 e. The molecule has 0 amide bonds. The molecule has 1 heterocycles. The van der Waals surface area contributed by atoms with E-state index in [1.54, 1.807) is 6.20 Å². The van der Waals surface area contributed by atoms with Gasteiger partial charge in [-0.2, -0.15) is 0 Å². The largest absolute Gasteiger partial charge is 0.326 e. The zero-order valence-corrected chi connectivity index (χ0v) is 7.76. The summed E-state index contributed by atoms with van der Waals surface area (Å²) in [5.74, 6) is 0. The van der Waals surface area contributed by atoms with E-state index in [4.69, 9.17) is 5.73 Å². The molecule has 1 aromatic rings. The molecule has 0 bridgehead atoms. The summed E-state index contributed by atoms with van der Waals surface area (Å²) in [6, 6.07) is 0.620. The van der Waals surface area contributed by atoms with E-state index in [1.807, 2.05) is 10.9 Å². The first kappa shape index (κ1) is 8.69. The lowest BCUT2D eigenvalue weighted by Gasteiger charge is -2.20. The third-order valence-electron chi connectivity index (χ3n) is 2.81. The lowest BCUT2D eigenvalue weighted by molar-refractivity contribution is 0.351. The van der Waals surface area contributed by atoms with Gasteiger partial charge in [0.25, 0.3) is 0 Å². The molecule has 0 aliphatic heterocycles. The van der Waals surface area contributed by atoms with E-state index in [2.05, 4.69) is 10.3 Å². The number of nitrogens with zero attached hydrogens (tertiary/aromatic N) is 3. The van der Waals surface area contributed by atoms with Crippen molar-refractivity contribution >= 4 is 0 Å². The van der Waals surface area contributed by atoms with Gasteiger partial charge in [0.15, 0.2) is 0 Å². The molecule has 1 aromatic heterocycles. The van der Waals surface area contributed by atoms with E-state index in [-0.39, 0.29) is 6.04 Å². The number of nitrogens with two attached hydrogens (primary N) is 1. The third-order valence-corrected chi connectivity index (χ3v) is 2.81. The molecule has 0 radical (unpaired) electrons. The maximum absolute atomic E-state index is 6.08. The molecule has 1 aliphatic rings. The van der Waals surface area contributed by atoms with Crippen molar-refractivity contribution in [3.05, 3.63) is 12.4 Å². The molecule has 1 aliphatic carbocycles. The fourth-order valence-electron chi connectivity index (χ4n) is 2.04. The van der Waals surface area contributed by atoms with E-state index in [9.17, 15) is 0 Å². The van der Waals surface area contributed by atoms with Crippen LogP contribution in [0.2, 0.25) is 0 Å². The van der Waals surface area contributed by atoms with E-state index in [1.165, 1.54) is 19.3 Å². The number of hydrogen-bond acceptors (Lipinski definition) is 3. The summed E-state index contributed by atoms with van der Waals surface area (Å²) in [6.07, 6.45) is 9.71. The Morgan fingerprint density at radius 2 is 2.08 bits per heavy atom. The first-order chi connectivity index (χ1) is 6.38. The van der Waals surface area contributed by atoms with Gasteiger partial charge in [-0.15, -0.1) is 5.10 Å². The Kier molecular flexibility index (Phi) is 2.59. The van der Waals surface area contributed by atoms with Crippen molar-refractivity contribution in [2.24, 2.45) is 5.73 Å². The van der Waals surface area contributed by atoms with E-state index >= 15 is 0 Å². The standard InChI is InChI=1S/C9H16N4/c10-8-4-2-1-3-5-9(8)13-7-6-11-12-13/h6-9H,1-5,10H2/t8-,9+/m0/s1. The predicted molar refractivity (Wildman–Crippen MR) is 50.1 cm³/mol. The van der Waals surface area contributed by atoms with Crippen LogP contribution in [0.25, 0.3) is 0 Å². The van der Waals surface area contributed by atoms with E-state index in [0.29, 0.717) is 6.04 Å². The molecular weight excluding hydrogens is 164 g/mol. The molecule has 13 heavy (non-hydrogen) atoms. The summed E-state index contributed by atoms with van der Waals surface area (Å²) >= 11 is 0. The quantitative estimate of drug-likeness (QED) is 0.659. The maximum Gasteiger partial charge on any atom is 0.0693 e. The number of aromatic nitrogens is 3. The Bertz CT molecular complexity index is 244. The van der Waals surface area contributed by atoms with Gasteiger partial charge in [-0.05, 0) is 12.8 Å². The first-order valence-electron chi connectivity index (χ1n) is 4.99. The van der Waals surface area contributed by atoms with Crippen molar-refractivity contribution in [2.75, 3.05) is 0 Å². The van der Waals surface area contributed by atoms with Gasteiger partial charge in [-0.3, -0.25) is 0 Å². The summed E-state index contributed by atoms with van der Waals surface area (Å²) in [4.78, 5) is 0. The molecule has 0 aromatic carbocycles. The summed E-state index contributed by atoms with van der Waals surface area (Å²) in [5, 5.41) is 7.84. The second kappa shape index (κ2) is 3.87. The minimum absolute atomic E-state index is 0.254. The van der Waals surface area contributed by atoms with Gasteiger partial charge >= 0.3 is 0 Å². The van der Waals surface area contributed by atoms with Gasteiger partial charge in [0, 0.05) is 12.2 Å². The second-order valence-corrected chi connectivity index (χ2v) is 3.75. The minimum atomic E-state index is 0.254. The Labute approximate surface area is 78.1 Å². The highest BCUT2D eigenvalue weighted by atomic mass is 15.4. The molecule has 4 nitrogen and oxygen atoms in total. The monoisotopic (exact) mass is 180 g/mol. The van der Waals surface area contributed by atoms with Gasteiger partial charge in [-0.1, -0.05) is 24.5 Å². The van der Waals surface area contributed by atoms with Crippen LogP contribution >= 0.6 is 0 Å². The smallest absolute Gasteiger partial charge is 0.0693 e. The maximum atomic E-state index is 6.08. The molecular formula is C9H16N4. The van der Waals surface area contributed by atoms with Crippen molar-refractivity contribution in [3.8, 4) is 0 Å². The summed E-state index contributed by atoms with van der Waals surface area (Å²) < 4.78 is 1.91. The third kappa shape index (κ3) is 1.88. The van der Waals surface area contributed by atoms with Gasteiger partial charge in [-0.25, -0.2) is 4.68 Å². The molecule has 72 valence electrons. The zero-order chi connectivity index (χ0) is 9.10. The van der Waals surface area contributed by atoms with Gasteiger partial charge in [0.2, 0.25) is 0 Å². The second-order valence-electron chi connectivity index (χ2n) is 3.75. The van der Waals surface area contributed by atoms with Gasteiger partial charge in [0.1, 0.15) is 0 Å². The molecule has 0 saturated heterocycles. The SMILES string of the molecule is N[C@H]1CCCCC[C@H]1n1ccnn1. The normalized spacial score (nSPS) is 29.9. The molecule has 2 atom stereocenters. The van der Waals surface area contributed by atoms with Crippen LogP contribution in [0.4, 0.5) is 0 Å². The zero-order valence-electron chi connectivity index (χ0n) is 7.76. The van der Waals surface area contributed by atoms with Crippen LogP contribution in [-0.4, -0.2) is 21.0 Å². The molecule has 0 unspecified atom stereocenters. The first-order valence-corrected chi connectivity index (χ1v) is 4.99. The fourth-order valence-corrected chi connectivity index (χ4v) is 2.04. The molecule has 1 saturated carbocycles. The molecule has 1 fully saturated rings. The van der Waals surface area contributed by atoms with E-state index in [0.717, 1.165) is 12.8 Å². The average molecular weight is 180 g/mol. The molecule has 0 spiro atoms. The summed E-state index contributed by atoms with van der Waals surface area (Å²) in [6.45, 7) is 0. The fraction of sp³-hybridized carbons (Fsp3) is 0.778. The highest BCUT2D eigenvalue weighted by Crippen LogP contribution is 2.25. The van der Waals surface area contributed by atoms with Crippen LogP contribution in [0, 0.1) is 0 Å². The topological polar surface area (TPSA) is 56.7 Å². The van der Waals surface area contributed by atoms with Crippen molar-refractivity contribution in [3.63, 3.8) is 0 Å². The van der Waals surface area contributed by atoms with Crippen LogP contribution in [0.15, 0.2) is 12.4 Å². The van der Waals surface area contributed by atoms with Crippen LogP contribution in [0.1, 0.15) is 38.1 Å². The molecule has 2 N–H and O–H groups in total. The molecule has 4 heteroatoms. The summed E-state index contributed by atoms with van der Waals surface area (Å²) in [5.41, 5.74) is 6.08. The van der Waals surface area contributed by atoms with Crippen LogP contribution in [0.3, 0.4) is 0 Å².